The van der Waals surface area contributed by atoms with Gasteiger partial charge in [-0.15, -0.1) is 0 Å². The molecule has 0 heterocycles. The summed E-state index contributed by atoms with van der Waals surface area (Å²) in [4.78, 5) is 48.8. The highest BCUT2D eigenvalue weighted by atomic mass is 31.2. The van der Waals surface area contributed by atoms with Crippen molar-refractivity contribution in [3.05, 3.63) is 24.3 Å². The van der Waals surface area contributed by atoms with E-state index in [4.69, 9.17) is 23.3 Å². The molecule has 2 N–H and O–H groups in total. The number of hydrogen-bond acceptors (Lipinski definition) is 10. The average Bonchev–Trinajstić information content (AvgIpc) is 3.43. The zero-order valence-electron chi connectivity index (χ0n) is 51.2. The Morgan fingerprint density at radius 3 is 0.885 bits per heavy atom. The summed E-state index contributed by atoms with van der Waals surface area (Å²) in [6.07, 6.45) is 64.1. The van der Waals surface area contributed by atoms with Crippen LogP contribution in [-0.4, -0.2) is 66.5 Å². The lowest BCUT2D eigenvalue weighted by Crippen LogP contribution is -2.30. The molecule has 0 rings (SSSR count). The number of rotatable bonds is 63. The molecule has 0 saturated carbocycles. The third kappa shape index (κ3) is 58.6. The van der Waals surface area contributed by atoms with Crippen LogP contribution in [0.3, 0.4) is 0 Å². The highest BCUT2D eigenvalue weighted by Gasteiger charge is 2.28. The molecule has 3 unspecified atom stereocenters. The molecule has 78 heavy (non-hydrogen) atoms. The molecule has 0 bridgehead atoms. The summed E-state index contributed by atoms with van der Waals surface area (Å²) in [5, 5.41) is 9.86. The van der Waals surface area contributed by atoms with Gasteiger partial charge in [0.15, 0.2) is 6.10 Å². The van der Waals surface area contributed by atoms with Crippen LogP contribution in [-0.2, 0) is 42.2 Å². The molecule has 0 aromatic carbocycles. The number of ether oxygens (including phenoxy) is 3. The Labute approximate surface area is 480 Å². The lowest BCUT2D eigenvalue weighted by atomic mass is 10.0. The van der Waals surface area contributed by atoms with E-state index in [0.717, 1.165) is 64.2 Å². The first kappa shape index (κ1) is 76.0. The van der Waals surface area contributed by atoms with Gasteiger partial charge in [0.1, 0.15) is 12.7 Å². The zero-order valence-corrected chi connectivity index (χ0v) is 52.1. The fourth-order valence-electron chi connectivity index (χ4n) is 9.76. The van der Waals surface area contributed by atoms with Crippen molar-refractivity contribution < 1.29 is 52.2 Å². The fourth-order valence-corrected chi connectivity index (χ4v) is 10.5. The van der Waals surface area contributed by atoms with Crippen LogP contribution >= 0.6 is 7.82 Å². The maximum Gasteiger partial charge on any atom is 0.472 e. The molecule has 0 aliphatic rings. The van der Waals surface area contributed by atoms with E-state index in [0.29, 0.717) is 19.3 Å². The lowest BCUT2D eigenvalue weighted by molar-refractivity contribution is -0.161. The van der Waals surface area contributed by atoms with Gasteiger partial charge in [0, 0.05) is 19.3 Å². The summed E-state index contributed by atoms with van der Waals surface area (Å²) in [6, 6.07) is 0. The molecule has 0 aliphatic heterocycles. The highest BCUT2D eigenvalue weighted by Crippen LogP contribution is 2.43. The SMILES string of the molecule is CCCCCCCC/C=C\CCCCCCCCCCCC(=O)OC(COC(=O)CCCCCCCCCCCCCCCCC)COP(=O)(O)OCC(CO)OC(=O)CCCCCCCCC/C=C\CCCCCCCC. The van der Waals surface area contributed by atoms with Crippen molar-refractivity contribution in [1.29, 1.82) is 0 Å². The van der Waals surface area contributed by atoms with E-state index in [9.17, 15) is 28.9 Å². The average molecular weight is 1130 g/mol. The third-order valence-corrected chi connectivity index (χ3v) is 15.8. The van der Waals surface area contributed by atoms with Gasteiger partial charge in [-0.3, -0.25) is 23.4 Å². The molecule has 460 valence electrons. The Kier molecular flexibility index (Phi) is 59.4. The van der Waals surface area contributed by atoms with E-state index in [1.165, 1.54) is 218 Å². The molecule has 0 aliphatic carbocycles. The first-order valence-corrected chi connectivity index (χ1v) is 34.7. The second kappa shape index (κ2) is 61.0. The van der Waals surface area contributed by atoms with Crippen LogP contribution < -0.4 is 0 Å². The van der Waals surface area contributed by atoms with Crippen LogP contribution in [0.2, 0.25) is 0 Å². The fraction of sp³-hybridized carbons (Fsp3) is 0.894. The molecule has 0 spiro atoms. The molecule has 0 amide bonds. The number of aliphatic hydroxyl groups is 1. The maximum absolute atomic E-state index is 13.0. The van der Waals surface area contributed by atoms with E-state index in [2.05, 4.69) is 45.1 Å². The first-order chi connectivity index (χ1) is 38.2. The highest BCUT2D eigenvalue weighted by molar-refractivity contribution is 7.47. The second-order valence-electron chi connectivity index (χ2n) is 22.6. The first-order valence-electron chi connectivity index (χ1n) is 33.2. The largest absolute Gasteiger partial charge is 0.472 e. The number of carbonyl (C=O) groups excluding carboxylic acids is 3. The van der Waals surface area contributed by atoms with Gasteiger partial charge in [-0.2, -0.15) is 0 Å². The topological polar surface area (TPSA) is 155 Å². The molecule has 3 atom stereocenters. The predicted octanol–water partition coefficient (Wildman–Crippen LogP) is 20.2. The molecule has 0 saturated heterocycles. The van der Waals surface area contributed by atoms with Crippen molar-refractivity contribution in [3.63, 3.8) is 0 Å². The smallest absolute Gasteiger partial charge is 0.462 e. The monoisotopic (exact) mass is 1120 g/mol. The Morgan fingerprint density at radius 2 is 0.590 bits per heavy atom. The Hall–Kier alpha value is -2.04. The van der Waals surface area contributed by atoms with E-state index >= 15 is 0 Å². The maximum atomic E-state index is 13.0. The van der Waals surface area contributed by atoms with E-state index in [-0.39, 0.29) is 25.9 Å². The molecular formula is C66H125O11P. The summed E-state index contributed by atoms with van der Waals surface area (Å²) in [5.41, 5.74) is 0. The van der Waals surface area contributed by atoms with Gasteiger partial charge in [0.25, 0.3) is 0 Å². The molecule has 0 aromatic rings. The number of phosphoric acid groups is 1. The van der Waals surface area contributed by atoms with Crippen LogP contribution in [0.25, 0.3) is 0 Å². The van der Waals surface area contributed by atoms with Gasteiger partial charge in [-0.1, -0.05) is 276 Å². The summed E-state index contributed by atoms with van der Waals surface area (Å²) in [6.45, 7) is 4.72. The van der Waals surface area contributed by atoms with E-state index in [1.54, 1.807) is 0 Å². The number of aliphatic hydroxyl groups excluding tert-OH is 1. The summed E-state index contributed by atoms with van der Waals surface area (Å²) in [5.74, 6) is -1.44. The molecular weight excluding hydrogens is 1000 g/mol. The standard InChI is InChI=1S/C66H125O11P/c1-4-7-10-13-16-19-22-25-28-30-31-33-36-39-42-45-48-51-54-57-66(70)77-63(59-73-64(68)55-52-49-46-43-40-37-34-27-24-21-18-15-12-9-6-3)61-75-78(71,72)74-60-62(58-67)76-65(69)56-53-50-47-44-41-38-35-32-29-26-23-20-17-14-11-8-5-2/h25-26,28-29,62-63,67H,4-24,27,30-61H2,1-3H3,(H,71,72)/b28-25-,29-26-. The Morgan fingerprint density at radius 1 is 0.346 bits per heavy atom. The van der Waals surface area contributed by atoms with Gasteiger partial charge in [-0.05, 0) is 70.6 Å². The number of hydrogen-bond donors (Lipinski definition) is 2. The zero-order chi connectivity index (χ0) is 56.9. The number of esters is 3. The van der Waals surface area contributed by atoms with Crippen molar-refractivity contribution in [2.24, 2.45) is 0 Å². The van der Waals surface area contributed by atoms with E-state index < -0.39 is 57.8 Å². The molecule has 0 radical (unpaired) electrons. The van der Waals surface area contributed by atoms with Gasteiger partial charge in [-0.25, -0.2) is 4.57 Å². The van der Waals surface area contributed by atoms with Crippen LogP contribution in [0.5, 0.6) is 0 Å². The van der Waals surface area contributed by atoms with Crippen molar-refractivity contribution in [2.75, 3.05) is 26.4 Å². The number of allylic oxidation sites excluding steroid dienone is 4. The van der Waals surface area contributed by atoms with Crippen LogP contribution in [0.15, 0.2) is 24.3 Å². The Bertz CT molecular complexity index is 1400. The summed E-state index contributed by atoms with van der Waals surface area (Å²) < 4.78 is 39.7. The van der Waals surface area contributed by atoms with Gasteiger partial charge >= 0.3 is 25.7 Å². The van der Waals surface area contributed by atoms with Crippen molar-refractivity contribution in [3.8, 4) is 0 Å². The lowest BCUT2D eigenvalue weighted by Gasteiger charge is -2.21. The Balaban J connectivity index is 4.64. The minimum absolute atomic E-state index is 0.171. The van der Waals surface area contributed by atoms with Crippen molar-refractivity contribution in [2.45, 2.75) is 354 Å². The van der Waals surface area contributed by atoms with Crippen molar-refractivity contribution in [1.82, 2.24) is 0 Å². The number of unbranched alkanes of at least 4 members (excludes halogenated alkanes) is 42. The second-order valence-corrected chi connectivity index (χ2v) is 24.1. The van der Waals surface area contributed by atoms with Gasteiger partial charge in [0.2, 0.25) is 0 Å². The van der Waals surface area contributed by atoms with Crippen LogP contribution in [0.1, 0.15) is 342 Å². The minimum Gasteiger partial charge on any atom is -0.462 e. The number of phosphoric ester groups is 1. The normalized spacial score (nSPS) is 13.3. The van der Waals surface area contributed by atoms with Crippen LogP contribution in [0.4, 0.5) is 0 Å². The molecule has 0 fully saturated rings. The predicted molar refractivity (Wildman–Crippen MR) is 326 cm³/mol. The van der Waals surface area contributed by atoms with Gasteiger partial charge < -0.3 is 24.2 Å². The summed E-state index contributed by atoms with van der Waals surface area (Å²) in [7, 11) is -4.75. The molecule has 12 heteroatoms. The number of carbonyl (C=O) groups is 3. The molecule has 0 aromatic heterocycles. The van der Waals surface area contributed by atoms with Crippen molar-refractivity contribution >= 4 is 25.7 Å². The minimum atomic E-state index is -4.75. The van der Waals surface area contributed by atoms with Gasteiger partial charge in [0.05, 0.1) is 19.8 Å². The quantitative estimate of drug-likeness (QED) is 0.0197. The third-order valence-electron chi connectivity index (χ3n) is 14.8. The molecule has 11 nitrogen and oxygen atoms in total. The summed E-state index contributed by atoms with van der Waals surface area (Å²) >= 11 is 0. The van der Waals surface area contributed by atoms with E-state index in [1.807, 2.05) is 0 Å². The van der Waals surface area contributed by atoms with Crippen LogP contribution in [0, 0.1) is 0 Å².